The number of carboxylic acids is 1. The smallest absolute Gasteiger partial charge is 0.339 e. The van der Waals surface area contributed by atoms with Crippen LogP contribution in [0.4, 0.5) is 0 Å². The first-order valence-electron chi connectivity index (χ1n) is 6.40. The van der Waals surface area contributed by atoms with Gasteiger partial charge < -0.3 is 19.9 Å². The molecule has 0 saturated carbocycles. The second kappa shape index (κ2) is 5.93. The van der Waals surface area contributed by atoms with Gasteiger partial charge in [0.2, 0.25) is 0 Å². The minimum atomic E-state index is -1.01. The molecule has 0 aromatic heterocycles. The largest absolute Gasteiger partial charge is 0.493 e. The van der Waals surface area contributed by atoms with E-state index in [1.54, 1.807) is 6.07 Å². The van der Waals surface area contributed by atoms with Gasteiger partial charge in [0.15, 0.2) is 11.5 Å². The van der Waals surface area contributed by atoms with E-state index in [4.69, 9.17) is 9.47 Å². The highest BCUT2D eigenvalue weighted by molar-refractivity contribution is 5.92. The molecule has 1 atom stereocenters. The van der Waals surface area contributed by atoms with Gasteiger partial charge in [-0.15, -0.1) is 0 Å². The van der Waals surface area contributed by atoms with E-state index >= 15 is 0 Å². The van der Waals surface area contributed by atoms with Crippen LogP contribution in [0, 0.1) is 0 Å². The van der Waals surface area contributed by atoms with Crippen molar-refractivity contribution in [1.82, 2.24) is 5.32 Å². The van der Waals surface area contributed by atoms with Crippen LogP contribution < -0.4 is 14.8 Å². The molecule has 104 valence electrons. The number of hydrogen-bond acceptors (Lipinski definition) is 4. The fraction of sp³-hybridized carbons (Fsp3) is 0.500. The zero-order valence-corrected chi connectivity index (χ0v) is 11.2. The molecule has 1 unspecified atom stereocenters. The molecule has 1 heterocycles. The molecule has 1 saturated heterocycles. The Morgan fingerprint density at radius 1 is 1.32 bits per heavy atom. The summed E-state index contributed by atoms with van der Waals surface area (Å²) in [6.45, 7) is 0.960. The van der Waals surface area contributed by atoms with Crippen molar-refractivity contribution >= 4 is 5.97 Å². The Kier molecular flexibility index (Phi) is 4.27. The lowest BCUT2D eigenvalue weighted by atomic mass is 9.95. The molecule has 19 heavy (non-hydrogen) atoms. The maximum atomic E-state index is 11.3. The van der Waals surface area contributed by atoms with E-state index in [2.05, 4.69) is 5.32 Å². The van der Waals surface area contributed by atoms with Crippen molar-refractivity contribution < 1.29 is 19.4 Å². The van der Waals surface area contributed by atoms with Crippen LogP contribution in [0.2, 0.25) is 0 Å². The third-order valence-corrected chi connectivity index (χ3v) is 3.44. The van der Waals surface area contributed by atoms with Gasteiger partial charge in [-0.05, 0) is 37.1 Å². The summed E-state index contributed by atoms with van der Waals surface area (Å²) < 4.78 is 10.4. The lowest BCUT2D eigenvalue weighted by Crippen LogP contribution is -2.27. The van der Waals surface area contributed by atoms with Gasteiger partial charge in [0.1, 0.15) is 5.56 Å². The van der Waals surface area contributed by atoms with E-state index in [-0.39, 0.29) is 17.4 Å². The fourth-order valence-corrected chi connectivity index (χ4v) is 2.48. The van der Waals surface area contributed by atoms with Crippen molar-refractivity contribution in [2.45, 2.75) is 25.3 Å². The molecule has 0 spiro atoms. The van der Waals surface area contributed by atoms with Crippen LogP contribution in [0.25, 0.3) is 0 Å². The Labute approximate surface area is 112 Å². The summed E-state index contributed by atoms with van der Waals surface area (Å²) in [7, 11) is 2.96. The Morgan fingerprint density at radius 2 is 2.11 bits per heavy atom. The van der Waals surface area contributed by atoms with Gasteiger partial charge in [-0.25, -0.2) is 4.79 Å². The summed E-state index contributed by atoms with van der Waals surface area (Å²) >= 11 is 0. The van der Waals surface area contributed by atoms with Crippen LogP contribution in [-0.4, -0.2) is 31.8 Å². The quantitative estimate of drug-likeness (QED) is 0.873. The summed E-state index contributed by atoms with van der Waals surface area (Å²) in [6.07, 6.45) is 3.32. The van der Waals surface area contributed by atoms with Crippen molar-refractivity contribution in [3.63, 3.8) is 0 Å². The van der Waals surface area contributed by atoms with Gasteiger partial charge in [-0.1, -0.05) is 6.42 Å². The number of carboxylic acid groups (broad SMARTS) is 1. The Morgan fingerprint density at radius 3 is 2.63 bits per heavy atom. The van der Waals surface area contributed by atoms with E-state index in [1.165, 1.54) is 14.2 Å². The Balaban J connectivity index is 2.44. The topological polar surface area (TPSA) is 67.8 Å². The third-order valence-electron chi connectivity index (χ3n) is 3.44. The monoisotopic (exact) mass is 265 g/mol. The lowest BCUT2D eigenvalue weighted by Gasteiger charge is -2.25. The highest BCUT2D eigenvalue weighted by Crippen LogP contribution is 2.36. The summed E-state index contributed by atoms with van der Waals surface area (Å²) in [5.41, 5.74) is 1.08. The number of rotatable bonds is 4. The van der Waals surface area contributed by atoms with E-state index in [0.717, 1.165) is 31.4 Å². The highest BCUT2D eigenvalue weighted by atomic mass is 16.5. The molecule has 0 amide bonds. The lowest BCUT2D eigenvalue weighted by molar-refractivity contribution is 0.0692. The predicted octanol–water partition coefficient (Wildman–Crippen LogP) is 2.22. The number of nitrogens with one attached hydrogen (secondary N) is 1. The van der Waals surface area contributed by atoms with Crippen LogP contribution in [-0.2, 0) is 0 Å². The molecule has 1 aliphatic heterocycles. The number of piperidine rings is 1. The molecular weight excluding hydrogens is 246 g/mol. The van der Waals surface area contributed by atoms with Crippen molar-refractivity contribution in [2.24, 2.45) is 0 Å². The van der Waals surface area contributed by atoms with Gasteiger partial charge in [-0.3, -0.25) is 0 Å². The Hall–Kier alpha value is -1.75. The number of aromatic carboxylic acids is 1. The maximum Gasteiger partial charge on any atom is 0.339 e. The summed E-state index contributed by atoms with van der Waals surface area (Å²) in [5, 5.41) is 12.7. The van der Waals surface area contributed by atoms with Gasteiger partial charge in [0, 0.05) is 6.04 Å². The summed E-state index contributed by atoms with van der Waals surface area (Å²) in [5.74, 6) is -0.271. The van der Waals surface area contributed by atoms with E-state index in [1.807, 2.05) is 6.07 Å². The van der Waals surface area contributed by atoms with Crippen molar-refractivity contribution in [2.75, 3.05) is 20.8 Å². The molecule has 5 nitrogen and oxygen atoms in total. The molecule has 2 N–H and O–H groups in total. The van der Waals surface area contributed by atoms with Crippen LogP contribution in [0.5, 0.6) is 11.5 Å². The SMILES string of the molecule is COc1cc(C2CCCCN2)cc(C(=O)O)c1OC. The van der Waals surface area contributed by atoms with Crippen LogP contribution in [0.15, 0.2) is 12.1 Å². The van der Waals surface area contributed by atoms with Gasteiger partial charge >= 0.3 is 5.97 Å². The molecule has 0 radical (unpaired) electrons. The zero-order chi connectivity index (χ0) is 13.8. The maximum absolute atomic E-state index is 11.3. The number of carbonyl (C=O) groups is 1. The minimum Gasteiger partial charge on any atom is -0.493 e. The number of benzene rings is 1. The molecule has 2 rings (SSSR count). The average Bonchev–Trinajstić information content (AvgIpc) is 2.46. The van der Waals surface area contributed by atoms with Crippen molar-refractivity contribution in [1.29, 1.82) is 0 Å². The molecule has 1 aromatic carbocycles. The molecular formula is C14H19NO4. The molecule has 0 bridgehead atoms. The fourth-order valence-electron chi connectivity index (χ4n) is 2.48. The second-order valence-electron chi connectivity index (χ2n) is 4.61. The number of methoxy groups -OCH3 is 2. The average molecular weight is 265 g/mol. The number of ether oxygens (including phenoxy) is 2. The molecule has 0 aliphatic carbocycles. The normalized spacial score (nSPS) is 18.9. The molecule has 1 aliphatic rings. The predicted molar refractivity (Wildman–Crippen MR) is 71.1 cm³/mol. The molecule has 5 heteroatoms. The van der Waals surface area contributed by atoms with Crippen molar-refractivity contribution in [3.05, 3.63) is 23.3 Å². The van der Waals surface area contributed by atoms with Gasteiger partial charge in [0.05, 0.1) is 14.2 Å². The number of hydrogen-bond donors (Lipinski definition) is 2. The first-order valence-corrected chi connectivity index (χ1v) is 6.40. The van der Waals surface area contributed by atoms with Crippen LogP contribution in [0.1, 0.15) is 41.2 Å². The standard InChI is InChI=1S/C14H19NO4/c1-18-12-8-9(11-5-3-4-6-15-11)7-10(14(16)17)13(12)19-2/h7-8,11,15H,3-6H2,1-2H3,(H,16,17). The van der Waals surface area contributed by atoms with E-state index < -0.39 is 5.97 Å². The highest BCUT2D eigenvalue weighted by Gasteiger charge is 2.22. The van der Waals surface area contributed by atoms with Crippen LogP contribution in [0.3, 0.4) is 0 Å². The third kappa shape index (κ3) is 2.81. The minimum absolute atomic E-state index is 0.143. The van der Waals surface area contributed by atoms with Crippen molar-refractivity contribution in [3.8, 4) is 11.5 Å². The second-order valence-corrected chi connectivity index (χ2v) is 4.61. The van der Waals surface area contributed by atoms with E-state index in [9.17, 15) is 9.90 Å². The summed E-state index contributed by atoms with van der Waals surface area (Å²) in [4.78, 5) is 11.3. The van der Waals surface area contributed by atoms with Crippen LogP contribution >= 0.6 is 0 Å². The zero-order valence-electron chi connectivity index (χ0n) is 11.2. The molecule has 1 fully saturated rings. The van der Waals surface area contributed by atoms with E-state index in [0.29, 0.717) is 5.75 Å². The van der Waals surface area contributed by atoms with Gasteiger partial charge in [0.25, 0.3) is 0 Å². The first kappa shape index (κ1) is 13.7. The Bertz CT molecular complexity index is 467. The molecule has 1 aromatic rings. The summed E-state index contributed by atoms with van der Waals surface area (Å²) in [6, 6.07) is 3.72. The van der Waals surface area contributed by atoms with Gasteiger partial charge in [-0.2, -0.15) is 0 Å². The first-order chi connectivity index (χ1) is 9.17.